The van der Waals surface area contributed by atoms with Crippen molar-refractivity contribution in [3.05, 3.63) is 24.2 Å². The Hall–Kier alpha value is -2.44. The molecule has 7 nitrogen and oxygen atoms in total. The van der Waals surface area contributed by atoms with Crippen molar-refractivity contribution in [3.63, 3.8) is 0 Å². The van der Waals surface area contributed by atoms with E-state index in [1.807, 2.05) is 12.1 Å². The van der Waals surface area contributed by atoms with Gasteiger partial charge in [-0.3, -0.25) is 4.79 Å². The van der Waals surface area contributed by atoms with Gasteiger partial charge in [-0.15, -0.1) is 0 Å². The molecule has 0 aromatic carbocycles. The van der Waals surface area contributed by atoms with E-state index in [1.54, 1.807) is 13.1 Å². The van der Waals surface area contributed by atoms with Crippen molar-refractivity contribution in [2.24, 2.45) is 11.8 Å². The number of aryl methyl sites for hydroxylation is 1. The van der Waals surface area contributed by atoms with Crippen LogP contribution in [0.1, 0.15) is 31.5 Å². The van der Waals surface area contributed by atoms with Gasteiger partial charge in [0.1, 0.15) is 5.82 Å². The molecule has 0 bridgehead atoms. The summed E-state index contributed by atoms with van der Waals surface area (Å²) in [4.78, 5) is 23.3. The van der Waals surface area contributed by atoms with Gasteiger partial charge in [0.2, 0.25) is 5.91 Å². The second-order valence-electron chi connectivity index (χ2n) is 7.02. The van der Waals surface area contributed by atoms with Crippen LogP contribution in [-0.4, -0.2) is 40.7 Å². The van der Waals surface area contributed by atoms with Gasteiger partial charge in [-0.25, -0.2) is 4.98 Å². The highest BCUT2D eigenvalue weighted by molar-refractivity contribution is 5.79. The maximum Gasteiger partial charge on any atom is 0.258 e. The maximum absolute atomic E-state index is 12.4. The molecule has 1 N–H and O–H groups in total. The highest BCUT2D eigenvalue weighted by Gasteiger charge is 2.28. The van der Waals surface area contributed by atoms with Crippen molar-refractivity contribution in [2.75, 3.05) is 24.5 Å². The molecule has 25 heavy (non-hydrogen) atoms. The van der Waals surface area contributed by atoms with Gasteiger partial charge >= 0.3 is 0 Å². The molecule has 2 aliphatic rings. The molecule has 2 aromatic rings. The molecule has 2 aromatic heterocycles. The first-order valence-electron chi connectivity index (χ1n) is 8.98. The zero-order valence-electron chi connectivity index (χ0n) is 14.4. The van der Waals surface area contributed by atoms with E-state index >= 15 is 0 Å². The predicted molar refractivity (Wildman–Crippen MR) is 92.9 cm³/mol. The minimum Gasteiger partial charge on any atom is -0.356 e. The van der Waals surface area contributed by atoms with Crippen molar-refractivity contribution in [1.29, 1.82) is 0 Å². The molecular weight excluding hydrogens is 318 g/mol. The summed E-state index contributed by atoms with van der Waals surface area (Å²) in [5.41, 5.74) is 0.853. The first-order valence-corrected chi connectivity index (χ1v) is 8.98. The van der Waals surface area contributed by atoms with Gasteiger partial charge in [0.05, 0.1) is 5.92 Å². The second-order valence-corrected chi connectivity index (χ2v) is 7.02. The lowest BCUT2D eigenvalue weighted by atomic mass is 9.97. The molecule has 1 aliphatic carbocycles. The fourth-order valence-corrected chi connectivity index (χ4v) is 3.25. The number of pyridine rings is 1. The van der Waals surface area contributed by atoms with Crippen molar-refractivity contribution in [1.82, 2.24) is 20.4 Å². The van der Waals surface area contributed by atoms with Crippen LogP contribution >= 0.6 is 0 Å². The van der Waals surface area contributed by atoms with Crippen LogP contribution in [0.3, 0.4) is 0 Å². The number of hydrogen-bond donors (Lipinski definition) is 1. The molecule has 1 aliphatic heterocycles. The summed E-state index contributed by atoms with van der Waals surface area (Å²) in [7, 11) is 0. The third kappa shape index (κ3) is 3.81. The fourth-order valence-electron chi connectivity index (χ4n) is 3.25. The third-order valence-electron chi connectivity index (χ3n) is 4.90. The smallest absolute Gasteiger partial charge is 0.258 e. The quantitative estimate of drug-likeness (QED) is 0.897. The number of aromatic nitrogens is 3. The van der Waals surface area contributed by atoms with E-state index in [0.717, 1.165) is 37.3 Å². The topological polar surface area (TPSA) is 84.2 Å². The van der Waals surface area contributed by atoms with E-state index in [4.69, 9.17) is 4.52 Å². The summed E-state index contributed by atoms with van der Waals surface area (Å²) in [5.74, 6) is 2.88. The number of amides is 1. The zero-order valence-corrected chi connectivity index (χ0v) is 14.4. The standard InChI is InChI=1S/C18H23N5O2/c1-12-21-18(25-22-12)14-6-7-19-16(9-14)23-8-2-3-15(11-23)17(24)20-10-13-4-5-13/h6-7,9,13,15H,2-5,8,10-11H2,1H3,(H,20,24)/t15-/m1/s1. The lowest BCUT2D eigenvalue weighted by Gasteiger charge is -2.33. The van der Waals surface area contributed by atoms with Crippen molar-refractivity contribution in [3.8, 4) is 11.5 Å². The Morgan fingerprint density at radius 2 is 2.28 bits per heavy atom. The minimum absolute atomic E-state index is 0.0311. The summed E-state index contributed by atoms with van der Waals surface area (Å²) in [6.07, 6.45) is 6.19. The van der Waals surface area contributed by atoms with E-state index in [9.17, 15) is 4.79 Å². The number of piperidine rings is 1. The Bertz CT molecular complexity index is 755. The molecule has 7 heteroatoms. The van der Waals surface area contributed by atoms with Crippen LogP contribution in [0.25, 0.3) is 11.5 Å². The molecule has 3 heterocycles. The molecule has 132 valence electrons. The number of nitrogens with zero attached hydrogens (tertiary/aromatic N) is 4. The van der Waals surface area contributed by atoms with E-state index < -0.39 is 0 Å². The number of rotatable bonds is 5. The Morgan fingerprint density at radius 3 is 3.04 bits per heavy atom. The molecule has 2 fully saturated rings. The molecule has 0 radical (unpaired) electrons. The maximum atomic E-state index is 12.4. The van der Waals surface area contributed by atoms with Crippen molar-refractivity contribution in [2.45, 2.75) is 32.6 Å². The van der Waals surface area contributed by atoms with Gasteiger partial charge in [-0.05, 0) is 50.7 Å². The monoisotopic (exact) mass is 341 g/mol. The lowest BCUT2D eigenvalue weighted by Crippen LogP contribution is -2.43. The zero-order chi connectivity index (χ0) is 17.2. The number of carbonyl (C=O) groups is 1. The van der Waals surface area contributed by atoms with E-state index in [0.29, 0.717) is 24.2 Å². The first-order chi connectivity index (χ1) is 12.2. The van der Waals surface area contributed by atoms with Crippen LogP contribution in [-0.2, 0) is 4.79 Å². The Morgan fingerprint density at radius 1 is 1.40 bits per heavy atom. The molecular formula is C18H23N5O2. The third-order valence-corrected chi connectivity index (χ3v) is 4.90. The van der Waals surface area contributed by atoms with Gasteiger partial charge in [0.25, 0.3) is 5.89 Å². The summed E-state index contributed by atoms with van der Waals surface area (Å²) in [6, 6.07) is 3.82. The Labute approximate surface area is 146 Å². The highest BCUT2D eigenvalue weighted by Crippen LogP contribution is 2.28. The number of nitrogens with one attached hydrogen (secondary N) is 1. The van der Waals surface area contributed by atoms with Crippen LogP contribution in [0.5, 0.6) is 0 Å². The van der Waals surface area contributed by atoms with Crippen LogP contribution in [0.15, 0.2) is 22.9 Å². The normalized spacial score (nSPS) is 20.5. The summed E-state index contributed by atoms with van der Waals surface area (Å²) in [5, 5.41) is 6.94. The SMILES string of the molecule is Cc1noc(-c2ccnc(N3CCC[C@@H](C(=O)NCC4CC4)C3)c2)n1. The van der Waals surface area contributed by atoms with Crippen LogP contribution in [0.2, 0.25) is 0 Å². The molecule has 1 saturated carbocycles. The molecule has 1 atom stereocenters. The van der Waals surface area contributed by atoms with Gasteiger partial charge in [-0.2, -0.15) is 4.98 Å². The predicted octanol–water partition coefficient (Wildman–Crippen LogP) is 2.18. The van der Waals surface area contributed by atoms with Gasteiger partial charge in [0, 0.05) is 31.4 Å². The molecule has 0 spiro atoms. The Kier molecular flexibility index (Phi) is 4.38. The average Bonchev–Trinajstić information content (AvgIpc) is 3.38. The van der Waals surface area contributed by atoms with Crippen LogP contribution < -0.4 is 10.2 Å². The van der Waals surface area contributed by atoms with Crippen molar-refractivity contribution < 1.29 is 9.32 Å². The van der Waals surface area contributed by atoms with Gasteiger partial charge < -0.3 is 14.7 Å². The van der Waals surface area contributed by atoms with E-state index in [1.165, 1.54) is 12.8 Å². The molecule has 4 rings (SSSR count). The number of carbonyl (C=O) groups excluding carboxylic acids is 1. The lowest BCUT2D eigenvalue weighted by molar-refractivity contribution is -0.125. The average molecular weight is 341 g/mol. The minimum atomic E-state index is 0.0311. The highest BCUT2D eigenvalue weighted by atomic mass is 16.5. The van der Waals surface area contributed by atoms with Crippen LogP contribution in [0, 0.1) is 18.8 Å². The summed E-state index contributed by atoms with van der Waals surface area (Å²) in [6.45, 7) is 4.24. The molecule has 1 saturated heterocycles. The largest absolute Gasteiger partial charge is 0.356 e. The molecule has 1 amide bonds. The van der Waals surface area contributed by atoms with Crippen LogP contribution in [0.4, 0.5) is 5.82 Å². The molecule has 0 unspecified atom stereocenters. The number of anilines is 1. The number of hydrogen-bond acceptors (Lipinski definition) is 6. The van der Waals surface area contributed by atoms with Gasteiger partial charge in [-0.1, -0.05) is 5.16 Å². The Balaban J connectivity index is 1.44. The van der Waals surface area contributed by atoms with E-state index in [-0.39, 0.29) is 11.8 Å². The second kappa shape index (κ2) is 6.82. The fraction of sp³-hybridized carbons (Fsp3) is 0.556. The summed E-state index contributed by atoms with van der Waals surface area (Å²) >= 11 is 0. The van der Waals surface area contributed by atoms with E-state index in [2.05, 4.69) is 25.3 Å². The van der Waals surface area contributed by atoms with Gasteiger partial charge in [0.15, 0.2) is 5.82 Å². The summed E-state index contributed by atoms with van der Waals surface area (Å²) < 4.78 is 5.24. The van der Waals surface area contributed by atoms with Crippen molar-refractivity contribution >= 4 is 11.7 Å². The first kappa shape index (κ1) is 16.1.